The molecule has 1 aromatic carbocycles. The summed E-state index contributed by atoms with van der Waals surface area (Å²) in [5.41, 5.74) is 1.75. The molecule has 1 heterocycles. The van der Waals surface area contributed by atoms with Gasteiger partial charge in [0.2, 0.25) is 0 Å². The highest BCUT2D eigenvalue weighted by Crippen LogP contribution is 2.16. The molecule has 0 radical (unpaired) electrons. The lowest BCUT2D eigenvalue weighted by Gasteiger charge is -2.21. The van der Waals surface area contributed by atoms with Crippen LogP contribution in [0.4, 0.5) is 0 Å². The molecule has 0 bridgehead atoms. The Bertz CT molecular complexity index is 586. The fourth-order valence-electron chi connectivity index (χ4n) is 3.31. The van der Waals surface area contributed by atoms with Gasteiger partial charge >= 0.3 is 5.97 Å². The summed E-state index contributed by atoms with van der Waals surface area (Å²) in [5, 5.41) is 6.72. The molecule has 6 nitrogen and oxygen atoms in total. The molecule has 0 aliphatic carbocycles. The highest BCUT2D eigenvalue weighted by Gasteiger charge is 2.22. The van der Waals surface area contributed by atoms with Crippen molar-refractivity contribution in [1.29, 1.82) is 0 Å². The number of esters is 1. The number of hydrogen-bond donors (Lipinski definition) is 2. The molecule has 0 spiro atoms. The van der Waals surface area contributed by atoms with Crippen molar-refractivity contribution in [3.63, 3.8) is 0 Å². The van der Waals surface area contributed by atoms with Gasteiger partial charge in [-0.3, -0.25) is 9.89 Å². The number of carbonyl (C=O) groups excluding carboxylic acids is 1. The smallest absolute Gasteiger partial charge is 0.337 e. The Morgan fingerprint density at radius 1 is 1.27 bits per heavy atom. The average molecular weight is 361 g/mol. The maximum Gasteiger partial charge on any atom is 0.337 e. The minimum atomic E-state index is -0.302. The summed E-state index contributed by atoms with van der Waals surface area (Å²) in [5.74, 6) is 0.575. The Kier molecular flexibility index (Phi) is 8.41. The Balaban J connectivity index is 1.82. The third-order valence-electron chi connectivity index (χ3n) is 4.79. The summed E-state index contributed by atoms with van der Waals surface area (Å²) in [6.07, 6.45) is 3.39. The molecule has 1 fully saturated rings. The van der Waals surface area contributed by atoms with E-state index in [1.165, 1.54) is 32.1 Å². The number of aliphatic imine (C=N–C) groups is 1. The van der Waals surface area contributed by atoms with Gasteiger partial charge in [-0.1, -0.05) is 19.1 Å². The van der Waals surface area contributed by atoms with Gasteiger partial charge in [-0.25, -0.2) is 4.79 Å². The average Bonchev–Trinajstić information content (AvgIpc) is 3.13. The molecule has 2 rings (SSSR count). The van der Waals surface area contributed by atoms with E-state index >= 15 is 0 Å². The highest BCUT2D eigenvalue weighted by molar-refractivity contribution is 5.89. The zero-order chi connectivity index (χ0) is 18.8. The second-order valence-corrected chi connectivity index (χ2v) is 6.51. The van der Waals surface area contributed by atoms with Crippen LogP contribution in [0.25, 0.3) is 0 Å². The number of methoxy groups -OCH3 is 1. The predicted octanol–water partition coefficient (Wildman–Crippen LogP) is 2.06. The van der Waals surface area contributed by atoms with E-state index in [2.05, 4.69) is 29.4 Å². The number of likely N-dealkylation sites (tertiary alicyclic amines) is 1. The van der Waals surface area contributed by atoms with E-state index in [0.717, 1.165) is 38.6 Å². The summed E-state index contributed by atoms with van der Waals surface area (Å²) < 4.78 is 4.72. The van der Waals surface area contributed by atoms with E-state index in [4.69, 9.17) is 9.73 Å². The van der Waals surface area contributed by atoms with Gasteiger partial charge in [-0.15, -0.1) is 0 Å². The molecule has 0 amide bonds. The zero-order valence-electron chi connectivity index (χ0n) is 16.3. The molecule has 0 saturated carbocycles. The second kappa shape index (κ2) is 10.8. The van der Waals surface area contributed by atoms with Gasteiger partial charge in [0.25, 0.3) is 0 Å². The van der Waals surface area contributed by atoms with E-state index in [0.29, 0.717) is 11.6 Å². The molecule has 144 valence electrons. The number of nitrogens with one attached hydrogen (secondary N) is 2. The van der Waals surface area contributed by atoms with Gasteiger partial charge in [0, 0.05) is 19.1 Å². The summed E-state index contributed by atoms with van der Waals surface area (Å²) in [4.78, 5) is 18.7. The number of carbonyl (C=O) groups is 1. The first-order chi connectivity index (χ1) is 12.7. The first-order valence-corrected chi connectivity index (χ1v) is 9.61. The van der Waals surface area contributed by atoms with E-state index in [9.17, 15) is 4.79 Å². The monoisotopic (exact) mass is 360 g/mol. The highest BCUT2D eigenvalue weighted by atomic mass is 16.5. The minimum absolute atomic E-state index is 0.302. The first kappa shape index (κ1) is 20.2. The van der Waals surface area contributed by atoms with Crippen LogP contribution in [0.15, 0.2) is 29.3 Å². The van der Waals surface area contributed by atoms with Crippen molar-refractivity contribution in [2.24, 2.45) is 4.99 Å². The van der Waals surface area contributed by atoms with Crippen molar-refractivity contribution < 1.29 is 9.53 Å². The second-order valence-electron chi connectivity index (χ2n) is 6.51. The number of nitrogens with zero attached hydrogens (tertiary/aromatic N) is 2. The molecule has 1 aliphatic heterocycles. The summed E-state index contributed by atoms with van der Waals surface area (Å²) in [6.45, 7) is 9.09. The Morgan fingerprint density at radius 2 is 2.04 bits per heavy atom. The molecule has 26 heavy (non-hydrogen) atoms. The van der Waals surface area contributed by atoms with Crippen LogP contribution in [-0.4, -0.2) is 62.7 Å². The Morgan fingerprint density at radius 3 is 2.69 bits per heavy atom. The lowest BCUT2D eigenvalue weighted by Crippen LogP contribution is -2.40. The molecular weight excluding hydrogens is 328 g/mol. The third-order valence-corrected chi connectivity index (χ3v) is 4.79. The number of ether oxygens (including phenoxy) is 1. The van der Waals surface area contributed by atoms with Crippen LogP contribution >= 0.6 is 0 Å². The van der Waals surface area contributed by atoms with Crippen LogP contribution in [0.5, 0.6) is 0 Å². The fraction of sp³-hybridized carbons (Fsp3) is 0.600. The van der Waals surface area contributed by atoms with Crippen molar-refractivity contribution in [2.75, 3.05) is 39.8 Å². The maximum atomic E-state index is 11.5. The predicted molar refractivity (Wildman–Crippen MR) is 106 cm³/mol. The Hall–Kier alpha value is -2.08. The maximum absolute atomic E-state index is 11.5. The molecule has 1 unspecified atom stereocenters. The van der Waals surface area contributed by atoms with Crippen LogP contribution in [-0.2, 0) is 11.2 Å². The number of hydrogen-bond acceptors (Lipinski definition) is 4. The van der Waals surface area contributed by atoms with Crippen molar-refractivity contribution >= 4 is 11.9 Å². The van der Waals surface area contributed by atoms with Gasteiger partial charge in [-0.2, -0.15) is 0 Å². The largest absolute Gasteiger partial charge is 0.465 e. The van der Waals surface area contributed by atoms with Crippen LogP contribution in [0, 0.1) is 0 Å². The molecule has 2 N–H and O–H groups in total. The van der Waals surface area contributed by atoms with E-state index < -0.39 is 0 Å². The number of likely N-dealkylation sites (N-methyl/N-ethyl adjacent to an activating group) is 1. The summed E-state index contributed by atoms with van der Waals surface area (Å²) in [7, 11) is 1.40. The molecule has 6 heteroatoms. The zero-order valence-corrected chi connectivity index (χ0v) is 16.3. The normalized spacial score (nSPS) is 18.0. The molecule has 1 atom stereocenters. The first-order valence-electron chi connectivity index (χ1n) is 9.61. The van der Waals surface area contributed by atoms with Crippen LogP contribution in [0.1, 0.15) is 42.6 Å². The number of benzene rings is 1. The van der Waals surface area contributed by atoms with Crippen LogP contribution in [0.3, 0.4) is 0 Å². The molecule has 1 aromatic rings. The van der Waals surface area contributed by atoms with Crippen molar-refractivity contribution in [2.45, 2.75) is 39.2 Å². The van der Waals surface area contributed by atoms with Crippen LogP contribution in [0.2, 0.25) is 0 Å². The van der Waals surface area contributed by atoms with Gasteiger partial charge in [0.05, 0.1) is 19.2 Å². The van der Waals surface area contributed by atoms with Gasteiger partial charge < -0.3 is 15.4 Å². The molecular formula is C20H32N4O2. The van der Waals surface area contributed by atoms with Gasteiger partial charge in [0.15, 0.2) is 5.96 Å². The molecule has 0 aromatic heterocycles. The molecule has 1 saturated heterocycles. The quantitative estimate of drug-likeness (QED) is 0.422. The Labute approximate surface area is 157 Å². The lowest BCUT2D eigenvalue weighted by atomic mass is 10.1. The van der Waals surface area contributed by atoms with Crippen molar-refractivity contribution in [3.8, 4) is 0 Å². The summed E-state index contributed by atoms with van der Waals surface area (Å²) >= 11 is 0. The van der Waals surface area contributed by atoms with Gasteiger partial charge in [0.1, 0.15) is 0 Å². The van der Waals surface area contributed by atoms with E-state index in [1.54, 1.807) is 12.1 Å². The number of rotatable bonds is 8. The minimum Gasteiger partial charge on any atom is -0.465 e. The van der Waals surface area contributed by atoms with Gasteiger partial charge in [-0.05, 0) is 57.0 Å². The lowest BCUT2D eigenvalue weighted by molar-refractivity contribution is 0.0600. The van der Waals surface area contributed by atoms with E-state index in [-0.39, 0.29) is 5.97 Å². The van der Waals surface area contributed by atoms with E-state index in [1.807, 2.05) is 12.1 Å². The third kappa shape index (κ3) is 6.02. The SMILES string of the molecule is CCNC(=NCC1CCCN1CC)NCCc1ccc(C(=O)OC)cc1. The van der Waals surface area contributed by atoms with Crippen LogP contribution < -0.4 is 10.6 Å². The van der Waals surface area contributed by atoms with Crippen molar-refractivity contribution in [3.05, 3.63) is 35.4 Å². The fourth-order valence-corrected chi connectivity index (χ4v) is 3.31. The number of guanidine groups is 1. The summed E-state index contributed by atoms with van der Waals surface area (Å²) in [6, 6.07) is 8.12. The topological polar surface area (TPSA) is 66.0 Å². The standard InChI is InChI=1S/C20H32N4O2/c1-4-21-20(23-15-18-7-6-14-24(18)5-2)22-13-12-16-8-10-17(11-9-16)19(25)26-3/h8-11,18H,4-7,12-15H2,1-3H3,(H2,21,22,23). The molecule has 1 aliphatic rings. The van der Waals surface area contributed by atoms with Crippen molar-refractivity contribution in [1.82, 2.24) is 15.5 Å².